The number of carboxylic acids is 1. The summed E-state index contributed by atoms with van der Waals surface area (Å²) in [5.74, 6) is -0.945. The number of hydrogen-bond acceptors (Lipinski definition) is 2. The quantitative estimate of drug-likeness (QED) is 0.878. The molecule has 2 unspecified atom stereocenters. The van der Waals surface area contributed by atoms with Gasteiger partial charge in [-0.1, -0.05) is 30.7 Å². The van der Waals surface area contributed by atoms with Crippen molar-refractivity contribution in [3.8, 4) is 0 Å². The van der Waals surface area contributed by atoms with Gasteiger partial charge in [0, 0.05) is 17.5 Å². The van der Waals surface area contributed by atoms with Crippen molar-refractivity contribution in [1.82, 2.24) is 4.90 Å². The summed E-state index contributed by atoms with van der Waals surface area (Å²) in [7, 11) is 0. The van der Waals surface area contributed by atoms with Crippen LogP contribution in [0.25, 0.3) is 0 Å². The van der Waals surface area contributed by atoms with Gasteiger partial charge in [-0.05, 0) is 36.5 Å². The zero-order chi connectivity index (χ0) is 14.7. The van der Waals surface area contributed by atoms with Crippen molar-refractivity contribution in [3.63, 3.8) is 0 Å². The van der Waals surface area contributed by atoms with Crippen LogP contribution in [-0.4, -0.2) is 35.0 Å². The van der Waals surface area contributed by atoms with Gasteiger partial charge in [0.1, 0.15) is 6.54 Å². The molecule has 1 aliphatic carbocycles. The largest absolute Gasteiger partial charge is 0.480 e. The molecule has 20 heavy (non-hydrogen) atoms. The molecule has 0 aromatic heterocycles. The van der Waals surface area contributed by atoms with Gasteiger partial charge in [0.15, 0.2) is 0 Å². The minimum atomic E-state index is -0.966. The Morgan fingerprint density at radius 1 is 1.45 bits per heavy atom. The van der Waals surface area contributed by atoms with E-state index in [9.17, 15) is 9.59 Å². The molecule has 1 aromatic rings. The Labute approximate surface area is 123 Å². The molecule has 108 valence electrons. The van der Waals surface area contributed by atoms with E-state index in [-0.39, 0.29) is 24.3 Å². The summed E-state index contributed by atoms with van der Waals surface area (Å²) in [6.07, 6.45) is 1.53. The normalized spacial score (nSPS) is 20.5. The van der Waals surface area contributed by atoms with Crippen LogP contribution in [0.2, 0.25) is 5.02 Å². The van der Waals surface area contributed by atoms with Gasteiger partial charge in [0.2, 0.25) is 5.91 Å². The summed E-state index contributed by atoms with van der Waals surface area (Å²) in [5, 5.41) is 9.53. The van der Waals surface area contributed by atoms with Gasteiger partial charge in [-0.15, -0.1) is 0 Å². The van der Waals surface area contributed by atoms with E-state index in [1.165, 1.54) is 4.90 Å². The Morgan fingerprint density at radius 3 is 2.80 bits per heavy atom. The second-order valence-corrected chi connectivity index (χ2v) is 5.59. The van der Waals surface area contributed by atoms with Crippen LogP contribution in [0, 0.1) is 5.92 Å². The molecular formula is C15H18ClNO3. The molecule has 0 saturated heterocycles. The van der Waals surface area contributed by atoms with Crippen LogP contribution in [0.5, 0.6) is 0 Å². The molecule has 1 aromatic carbocycles. The van der Waals surface area contributed by atoms with Crippen molar-refractivity contribution in [2.24, 2.45) is 5.92 Å². The highest BCUT2D eigenvalue weighted by Gasteiger charge is 2.45. The third-order valence-corrected chi connectivity index (χ3v) is 3.75. The maximum Gasteiger partial charge on any atom is 0.323 e. The van der Waals surface area contributed by atoms with E-state index in [1.54, 1.807) is 6.07 Å². The van der Waals surface area contributed by atoms with Crippen molar-refractivity contribution in [1.29, 1.82) is 0 Å². The van der Waals surface area contributed by atoms with Crippen LogP contribution in [0.4, 0.5) is 0 Å². The second-order valence-electron chi connectivity index (χ2n) is 5.16. The zero-order valence-electron chi connectivity index (χ0n) is 11.4. The Morgan fingerprint density at radius 2 is 2.20 bits per heavy atom. The fourth-order valence-corrected chi connectivity index (χ4v) is 2.71. The predicted octanol–water partition coefficient (Wildman–Crippen LogP) is 2.77. The van der Waals surface area contributed by atoms with Crippen LogP contribution in [0.15, 0.2) is 24.3 Å². The molecule has 0 aliphatic heterocycles. The molecule has 2 atom stereocenters. The number of halogens is 1. The monoisotopic (exact) mass is 295 g/mol. The van der Waals surface area contributed by atoms with Gasteiger partial charge < -0.3 is 10.0 Å². The van der Waals surface area contributed by atoms with Crippen molar-refractivity contribution in [3.05, 3.63) is 34.9 Å². The fourth-order valence-electron chi connectivity index (χ4n) is 2.51. The maximum absolute atomic E-state index is 12.3. The molecule has 5 heteroatoms. The number of carboxylic acid groups (broad SMARTS) is 1. The van der Waals surface area contributed by atoms with Gasteiger partial charge in [0.25, 0.3) is 0 Å². The standard InChI is InChI=1S/C15H18ClNO3/c1-2-6-17(9-14(18)19)15(20)13-8-12(13)10-4-3-5-11(16)7-10/h3-5,7,12-13H,2,6,8-9H2,1H3,(H,18,19). The van der Waals surface area contributed by atoms with Crippen LogP contribution in [0.1, 0.15) is 31.2 Å². The van der Waals surface area contributed by atoms with E-state index in [4.69, 9.17) is 16.7 Å². The second kappa shape index (κ2) is 6.27. The minimum absolute atomic E-state index is 0.0563. The summed E-state index contributed by atoms with van der Waals surface area (Å²) in [4.78, 5) is 24.6. The fraction of sp³-hybridized carbons (Fsp3) is 0.467. The molecule has 0 bridgehead atoms. The van der Waals surface area contributed by atoms with Crippen molar-refractivity contribution in [2.45, 2.75) is 25.7 Å². The number of aliphatic carboxylic acids is 1. The first-order valence-electron chi connectivity index (χ1n) is 6.79. The molecule has 1 fully saturated rings. The lowest BCUT2D eigenvalue weighted by atomic mass is 10.1. The van der Waals surface area contributed by atoms with Crippen LogP contribution in [0.3, 0.4) is 0 Å². The zero-order valence-corrected chi connectivity index (χ0v) is 12.1. The number of amides is 1. The molecule has 1 amide bonds. The lowest BCUT2D eigenvalue weighted by molar-refractivity contribution is -0.145. The van der Waals surface area contributed by atoms with E-state index in [0.717, 1.165) is 18.4 Å². The van der Waals surface area contributed by atoms with Crippen molar-refractivity contribution in [2.75, 3.05) is 13.1 Å². The van der Waals surface area contributed by atoms with Gasteiger partial charge >= 0.3 is 5.97 Å². The summed E-state index contributed by atoms with van der Waals surface area (Å²) < 4.78 is 0. The molecule has 2 rings (SSSR count). The first-order valence-corrected chi connectivity index (χ1v) is 7.16. The Balaban J connectivity index is 2.02. The van der Waals surface area contributed by atoms with E-state index in [2.05, 4.69) is 0 Å². The maximum atomic E-state index is 12.3. The molecular weight excluding hydrogens is 278 g/mol. The van der Waals surface area contributed by atoms with Crippen LogP contribution < -0.4 is 0 Å². The summed E-state index contributed by atoms with van der Waals surface area (Å²) in [5.41, 5.74) is 1.06. The number of nitrogens with zero attached hydrogens (tertiary/aromatic N) is 1. The average Bonchev–Trinajstić information content (AvgIpc) is 3.17. The number of rotatable bonds is 6. The molecule has 0 heterocycles. The number of benzene rings is 1. The summed E-state index contributed by atoms with van der Waals surface area (Å²) >= 11 is 5.95. The highest BCUT2D eigenvalue weighted by atomic mass is 35.5. The predicted molar refractivity (Wildman–Crippen MR) is 76.8 cm³/mol. The number of carbonyl (C=O) groups is 2. The SMILES string of the molecule is CCCN(CC(=O)O)C(=O)C1CC1c1cccc(Cl)c1. The first kappa shape index (κ1) is 14.9. The molecule has 1 aliphatic rings. The third kappa shape index (κ3) is 3.51. The first-order chi connectivity index (χ1) is 9.52. The Hall–Kier alpha value is -1.55. The Kier molecular flexibility index (Phi) is 4.65. The van der Waals surface area contributed by atoms with Crippen LogP contribution in [-0.2, 0) is 9.59 Å². The van der Waals surface area contributed by atoms with E-state index in [1.807, 2.05) is 25.1 Å². The summed E-state index contributed by atoms with van der Waals surface area (Å²) in [6.45, 7) is 2.21. The molecule has 4 nitrogen and oxygen atoms in total. The lowest BCUT2D eigenvalue weighted by Crippen LogP contribution is -2.37. The van der Waals surface area contributed by atoms with Crippen molar-refractivity contribution < 1.29 is 14.7 Å². The average molecular weight is 296 g/mol. The van der Waals surface area contributed by atoms with Gasteiger partial charge in [-0.3, -0.25) is 9.59 Å². The third-order valence-electron chi connectivity index (χ3n) is 3.52. The van der Waals surface area contributed by atoms with Gasteiger partial charge in [0.05, 0.1) is 0 Å². The van der Waals surface area contributed by atoms with Gasteiger partial charge in [-0.25, -0.2) is 0 Å². The highest BCUT2D eigenvalue weighted by Crippen LogP contribution is 2.48. The highest BCUT2D eigenvalue weighted by molar-refractivity contribution is 6.30. The Bertz CT molecular complexity index is 518. The molecule has 1 saturated carbocycles. The van der Waals surface area contributed by atoms with Crippen molar-refractivity contribution >= 4 is 23.5 Å². The number of carbonyl (C=O) groups excluding carboxylic acids is 1. The minimum Gasteiger partial charge on any atom is -0.480 e. The molecule has 1 N–H and O–H groups in total. The van der Waals surface area contributed by atoms with E-state index in [0.29, 0.717) is 11.6 Å². The van der Waals surface area contributed by atoms with Crippen LogP contribution >= 0.6 is 11.6 Å². The molecule has 0 radical (unpaired) electrons. The van der Waals surface area contributed by atoms with Gasteiger partial charge in [-0.2, -0.15) is 0 Å². The summed E-state index contributed by atoms with van der Waals surface area (Å²) in [6, 6.07) is 7.52. The smallest absolute Gasteiger partial charge is 0.323 e. The van der Waals surface area contributed by atoms with E-state index < -0.39 is 5.97 Å². The molecule has 0 spiro atoms. The number of hydrogen-bond donors (Lipinski definition) is 1. The van der Waals surface area contributed by atoms with E-state index >= 15 is 0 Å². The lowest BCUT2D eigenvalue weighted by Gasteiger charge is -2.20. The topological polar surface area (TPSA) is 57.6 Å².